The molecule has 0 saturated carbocycles. The monoisotopic (exact) mass is 469 g/mol. The standard InChI is InChI=1S/C23H17Cl2N3O2S/c1-14-12-16(25)8-11-19(14)26-21(29)13-31-23-27-20-5-3-2-4-18(20)22(30)28(23)17-9-6-15(24)7-10-17/h2-12H,13H2,1H3,(H,26,29). The largest absolute Gasteiger partial charge is 0.325 e. The molecule has 4 rings (SSSR count). The van der Waals surface area contributed by atoms with Gasteiger partial charge in [0.2, 0.25) is 5.91 Å². The number of nitrogens with one attached hydrogen (secondary N) is 1. The minimum absolute atomic E-state index is 0.0838. The van der Waals surface area contributed by atoms with Crippen molar-refractivity contribution in [2.45, 2.75) is 12.1 Å². The Kier molecular flexibility index (Phi) is 6.32. The van der Waals surface area contributed by atoms with E-state index < -0.39 is 0 Å². The molecule has 3 aromatic carbocycles. The maximum atomic E-state index is 13.2. The summed E-state index contributed by atoms with van der Waals surface area (Å²) in [5, 5.41) is 4.98. The van der Waals surface area contributed by atoms with Crippen molar-refractivity contribution in [2.75, 3.05) is 11.1 Å². The van der Waals surface area contributed by atoms with Crippen LogP contribution in [-0.4, -0.2) is 21.2 Å². The van der Waals surface area contributed by atoms with Crippen LogP contribution in [0.3, 0.4) is 0 Å². The van der Waals surface area contributed by atoms with E-state index in [-0.39, 0.29) is 17.2 Å². The fraction of sp³-hybridized carbons (Fsp3) is 0.0870. The molecule has 5 nitrogen and oxygen atoms in total. The summed E-state index contributed by atoms with van der Waals surface area (Å²) in [5.74, 6) is -0.124. The number of carbonyl (C=O) groups is 1. The molecule has 156 valence electrons. The van der Waals surface area contributed by atoms with Crippen LogP contribution in [0.15, 0.2) is 76.7 Å². The van der Waals surface area contributed by atoms with Gasteiger partial charge >= 0.3 is 0 Å². The summed E-state index contributed by atoms with van der Waals surface area (Å²) in [4.78, 5) is 30.4. The number of para-hydroxylation sites is 1. The van der Waals surface area contributed by atoms with E-state index in [1.807, 2.05) is 13.0 Å². The van der Waals surface area contributed by atoms with E-state index >= 15 is 0 Å². The van der Waals surface area contributed by atoms with Gasteiger partial charge in [0.1, 0.15) is 0 Å². The zero-order valence-electron chi connectivity index (χ0n) is 16.4. The molecule has 4 aromatic rings. The molecule has 1 N–H and O–H groups in total. The van der Waals surface area contributed by atoms with Crippen LogP contribution in [0.4, 0.5) is 5.69 Å². The minimum atomic E-state index is -0.208. The molecular formula is C23H17Cl2N3O2S. The number of nitrogens with zero attached hydrogens (tertiary/aromatic N) is 2. The number of amides is 1. The number of thioether (sulfide) groups is 1. The second-order valence-electron chi connectivity index (χ2n) is 6.82. The number of rotatable bonds is 5. The zero-order chi connectivity index (χ0) is 22.0. The van der Waals surface area contributed by atoms with Crippen LogP contribution in [0, 0.1) is 6.92 Å². The third kappa shape index (κ3) is 4.77. The lowest BCUT2D eigenvalue weighted by atomic mass is 10.2. The molecule has 31 heavy (non-hydrogen) atoms. The molecule has 0 aliphatic rings. The van der Waals surface area contributed by atoms with Crippen molar-refractivity contribution in [3.8, 4) is 5.69 Å². The van der Waals surface area contributed by atoms with Crippen molar-refractivity contribution in [2.24, 2.45) is 0 Å². The molecule has 0 saturated heterocycles. The van der Waals surface area contributed by atoms with Crippen LogP contribution < -0.4 is 10.9 Å². The summed E-state index contributed by atoms with van der Waals surface area (Å²) in [6.45, 7) is 1.87. The van der Waals surface area contributed by atoms with E-state index in [1.54, 1.807) is 60.7 Å². The third-order valence-electron chi connectivity index (χ3n) is 4.62. The molecule has 0 radical (unpaired) electrons. The van der Waals surface area contributed by atoms with Gasteiger partial charge < -0.3 is 5.32 Å². The van der Waals surface area contributed by atoms with Crippen LogP contribution in [0.2, 0.25) is 10.0 Å². The summed E-state index contributed by atoms with van der Waals surface area (Å²) < 4.78 is 1.50. The maximum absolute atomic E-state index is 13.2. The fourth-order valence-electron chi connectivity index (χ4n) is 3.11. The second-order valence-corrected chi connectivity index (χ2v) is 8.64. The van der Waals surface area contributed by atoms with Gasteiger partial charge in [-0.15, -0.1) is 0 Å². The Hall–Kier alpha value is -2.80. The van der Waals surface area contributed by atoms with Gasteiger partial charge in [-0.1, -0.05) is 47.1 Å². The summed E-state index contributed by atoms with van der Waals surface area (Å²) >= 11 is 13.2. The number of hydrogen-bond donors (Lipinski definition) is 1. The van der Waals surface area contributed by atoms with Crippen molar-refractivity contribution in [3.63, 3.8) is 0 Å². The normalized spacial score (nSPS) is 10.9. The molecule has 0 atom stereocenters. The van der Waals surface area contributed by atoms with Gasteiger partial charge in [0.15, 0.2) is 5.16 Å². The molecule has 1 amide bonds. The van der Waals surface area contributed by atoms with Gasteiger partial charge in [0.25, 0.3) is 5.56 Å². The Morgan fingerprint density at radius 1 is 1.03 bits per heavy atom. The second kappa shape index (κ2) is 9.14. The van der Waals surface area contributed by atoms with E-state index in [4.69, 9.17) is 23.2 Å². The van der Waals surface area contributed by atoms with E-state index in [0.29, 0.717) is 37.5 Å². The van der Waals surface area contributed by atoms with Crippen LogP contribution in [0.25, 0.3) is 16.6 Å². The first-order valence-electron chi connectivity index (χ1n) is 9.39. The number of anilines is 1. The molecular weight excluding hydrogens is 453 g/mol. The Balaban J connectivity index is 1.66. The van der Waals surface area contributed by atoms with Crippen molar-refractivity contribution in [1.29, 1.82) is 0 Å². The summed E-state index contributed by atoms with van der Waals surface area (Å²) in [7, 11) is 0. The van der Waals surface area contributed by atoms with Gasteiger partial charge in [-0.3, -0.25) is 14.2 Å². The molecule has 0 aliphatic heterocycles. The molecule has 0 aliphatic carbocycles. The van der Waals surface area contributed by atoms with Gasteiger partial charge in [-0.05, 0) is 67.1 Å². The quantitative estimate of drug-likeness (QED) is 0.299. The minimum Gasteiger partial charge on any atom is -0.325 e. The molecule has 0 bridgehead atoms. The number of aromatic nitrogens is 2. The summed E-state index contributed by atoms with van der Waals surface area (Å²) in [6.07, 6.45) is 0. The van der Waals surface area contributed by atoms with E-state index in [9.17, 15) is 9.59 Å². The Morgan fingerprint density at radius 2 is 1.74 bits per heavy atom. The van der Waals surface area contributed by atoms with E-state index in [2.05, 4.69) is 10.3 Å². The number of aryl methyl sites for hydroxylation is 1. The highest BCUT2D eigenvalue weighted by atomic mass is 35.5. The molecule has 0 unspecified atom stereocenters. The lowest BCUT2D eigenvalue weighted by Crippen LogP contribution is -2.23. The predicted molar refractivity (Wildman–Crippen MR) is 128 cm³/mol. The number of fused-ring (bicyclic) bond motifs is 1. The van der Waals surface area contributed by atoms with Gasteiger partial charge in [-0.2, -0.15) is 0 Å². The maximum Gasteiger partial charge on any atom is 0.266 e. The zero-order valence-corrected chi connectivity index (χ0v) is 18.8. The average Bonchev–Trinajstić information content (AvgIpc) is 2.75. The lowest BCUT2D eigenvalue weighted by molar-refractivity contribution is -0.113. The first-order chi connectivity index (χ1) is 14.9. The topological polar surface area (TPSA) is 64.0 Å². The van der Waals surface area contributed by atoms with Gasteiger partial charge in [0.05, 0.1) is 22.3 Å². The SMILES string of the molecule is Cc1cc(Cl)ccc1NC(=O)CSc1nc2ccccc2c(=O)n1-c1ccc(Cl)cc1. The molecule has 0 fully saturated rings. The number of carbonyl (C=O) groups excluding carboxylic acids is 1. The van der Waals surface area contributed by atoms with Crippen molar-refractivity contribution in [3.05, 3.63) is 92.7 Å². The van der Waals surface area contributed by atoms with Crippen LogP contribution in [0.1, 0.15) is 5.56 Å². The van der Waals surface area contributed by atoms with Crippen LogP contribution in [-0.2, 0) is 4.79 Å². The van der Waals surface area contributed by atoms with Crippen molar-refractivity contribution >= 4 is 57.5 Å². The fourth-order valence-corrected chi connectivity index (χ4v) is 4.28. The Morgan fingerprint density at radius 3 is 2.48 bits per heavy atom. The number of halogens is 2. The van der Waals surface area contributed by atoms with E-state index in [0.717, 1.165) is 5.56 Å². The van der Waals surface area contributed by atoms with Gasteiger partial charge in [-0.25, -0.2) is 4.98 Å². The van der Waals surface area contributed by atoms with E-state index in [1.165, 1.54) is 16.3 Å². The van der Waals surface area contributed by atoms with Crippen molar-refractivity contribution in [1.82, 2.24) is 9.55 Å². The number of hydrogen-bond acceptors (Lipinski definition) is 4. The average molecular weight is 470 g/mol. The van der Waals surface area contributed by atoms with Crippen LogP contribution >= 0.6 is 35.0 Å². The highest BCUT2D eigenvalue weighted by Gasteiger charge is 2.15. The molecule has 1 aromatic heterocycles. The molecule has 1 heterocycles. The highest BCUT2D eigenvalue weighted by Crippen LogP contribution is 2.24. The first kappa shape index (κ1) is 21.4. The lowest BCUT2D eigenvalue weighted by Gasteiger charge is -2.14. The predicted octanol–water partition coefficient (Wildman–Crippen LogP) is 5.73. The Bertz CT molecular complexity index is 1340. The van der Waals surface area contributed by atoms with Crippen molar-refractivity contribution < 1.29 is 4.79 Å². The third-order valence-corrected chi connectivity index (χ3v) is 6.05. The van der Waals surface area contributed by atoms with Gasteiger partial charge in [0, 0.05) is 15.7 Å². The first-order valence-corrected chi connectivity index (χ1v) is 11.1. The summed E-state index contributed by atoms with van der Waals surface area (Å²) in [6, 6.07) is 19.3. The molecule has 0 spiro atoms. The smallest absolute Gasteiger partial charge is 0.266 e. The Labute approximate surface area is 193 Å². The summed E-state index contributed by atoms with van der Waals surface area (Å²) in [5.41, 5.74) is 2.56. The number of benzene rings is 3. The molecule has 8 heteroatoms. The van der Waals surface area contributed by atoms with Crippen LogP contribution in [0.5, 0.6) is 0 Å². The highest BCUT2D eigenvalue weighted by molar-refractivity contribution is 7.99.